The molecule has 2 aromatic carbocycles. The Balaban J connectivity index is 2.42. The van der Waals surface area contributed by atoms with E-state index in [4.69, 9.17) is 0 Å². The van der Waals surface area contributed by atoms with Crippen LogP contribution in [-0.4, -0.2) is 50.0 Å². The number of amides is 2. The Hall–Kier alpha value is -2.87. The van der Waals surface area contributed by atoms with Crippen LogP contribution in [-0.2, 0) is 26.2 Å². The Morgan fingerprint density at radius 3 is 1.97 bits per heavy atom. The van der Waals surface area contributed by atoms with Gasteiger partial charge in [-0.15, -0.1) is 0 Å². The molecule has 0 aromatic heterocycles. The van der Waals surface area contributed by atoms with Crippen molar-refractivity contribution in [3.8, 4) is 0 Å². The molecule has 0 radical (unpaired) electrons. The Morgan fingerprint density at radius 2 is 1.50 bits per heavy atom. The number of carbonyl (C=O) groups is 2. The van der Waals surface area contributed by atoms with Crippen molar-refractivity contribution in [1.82, 2.24) is 10.2 Å². The number of carbonyl (C=O) groups excluding carboxylic acids is 2. The van der Waals surface area contributed by atoms with Crippen LogP contribution in [0.5, 0.6) is 0 Å². The number of nitrogens with zero attached hydrogens (tertiary/aromatic N) is 2. The maximum Gasteiger partial charge on any atom is 0.244 e. The van der Waals surface area contributed by atoms with E-state index >= 15 is 0 Å². The zero-order chi connectivity index (χ0) is 27.0. The zero-order valence-electron chi connectivity index (χ0n) is 22.6. The van der Waals surface area contributed by atoms with Gasteiger partial charge in [-0.2, -0.15) is 0 Å². The topological polar surface area (TPSA) is 86.8 Å². The van der Waals surface area contributed by atoms with Crippen molar-refractivity contribution in [1.29, 1.82) is 0 Å². The average Bonchev–Trinajstić information content (AvgIpc) is 2.82. The highest BCUT2D eigenvalue weighted by atomic mass is 32.2. The molecule has 0 saturated carbocycles. The fourth-order valence-corrected chi connectivity index (χ4v) is 4.74. The van der Waals surface area contributed by atoms with E-state index in [-0.39, 0.29) is 18.5 Å². The first-order chi connectivity index (χ1) is 16.9. The van der Waals surface area contributed by atoms with Crippen LogP contribution in [0.15, 0.2) is 48.5 Å². The number of anilines is 1. The second kappa shape index (κ2) is 12.9. The van der Waals surface area contributed by atoms with E-state index < -0.39 is 28.5 Å². The Bertz CT molecular complexity index is 1110. The molecule has 0 saturated heterocycles. The molecular weight excluding hydrogens is 474 g/mol. The van der Waals surface area contributed by atoms with E-state index in [1.165, 1.54) is 4.90 Å². The average molecular weight is 516 g/mol. The van der Waals surface area contributed by atoms with Crippen LogP contribution in [0.4, 0.5) is 5.69 Å². The highest BCUT2D eigenvalue weighted by molar-refractivity contribution is 7.92. The summed E-state index contributed by atoms with van der Waals surface area (Å²) in [6.07, 6.45) is 2.26. The van der Waals surface area contributed by atoms with Crippen molar-refractivity contribution in [3.63, 3.8) is 0 Å². The molecule has 2 rings (SSSR count). The number of hydrogen-bond donors (Lipinski definition) is 1. The molecule has 0 aliphatic heterocycles. The summed E-state index contributed by atoms with van der Waals surface area (Å²) in [6.45, 7) is 11.7. The van der Waals surface area contributed by atoms with Crippen molar-refractivity contribution in [2.24, 2.45) is 0 Å². The summed E-state index contributed by atoms with van der Waals surface area (Å²) in [6, 6.07) is 14.2. The highest BCUT2D eigenvalue weighted by Crippen LogP contribution is 2.23. The summed E-state index contributed by atoms with van der Waals surface area (Å²) in [7, 11) is -3.75. The molecular formula is C28H41N3O4S. The standard InChI is InChI=1S/C28H41N3O4S/c1-8-22(6)29-28(33)26(9-2)30(18-23-12-10-21(5)11-13-23)27(32)19-31(36(7,34)35)25-16-14-24(15-17-25)20(3)4/h10-17,20,22,26H,8-9,18-19H2,1-7H3,(H,29,33)/t22-,26-/m0/s1. The Kier molecular flexibility index (Phi) is 10.5. The Labute approximate surface area is 216 Å². The number of aryl methyl sites for hydroxylation is 1. The summed E-state index contributed by atoms with van der Waals surface area (Å²) in [5.41, 5.74) is 3.46. The van der Waals surface area contributed by atoms with Crippen molar-refractivity contribution in [3.05, 3.63) is 65.2 Å². The van der Waals surface area contributed by atoms with Gasteiger partial charge in [-0.05, 0) is 55.9 Å². The smallest absolute Gasteiger partial charge is 0.244 e. The van der Waals surface area contributed by atoms with E-state index in [1.54, 1.807) is 12.1 Å². The molecule has 0 spiro atoms. The van der Waals surface area contributed by atoms with Crippen LogP contribution in [0, 0.1) is 6.92 Å². The van der Waals surface area contributed by atoms with Crippen LogP contribution >= 0.6 is 0 Å². The molecule has 36 heavy (non-hydrogen) atoms. The summed E-state index contributed by atoms with van der Waals surface area (Å²) in [4.78, 5) is 28.4. The van der Waals surface area contributed by atoms with Crippen LogP contribution < -0.4 is 9.62 Å². The summed E-state index contributed by atoms with van der Waals surface area (Å²) < 4.78 is 26.6. The van der Waals surface area contributed by atoms with E-state index in [1.807, 2.05) is 64.1 Å². The van der Waals surface area contributed by atoms with Crippen LogP contribution in [0.2, 0.25) is 0 Å². The fraction of sp³-hybridized carbons (Fsp3) is 0.500. The third kappa shape index (κ3) is 8.08. The molecule has 0 aliphatic rings. The van der Waals surface area contributed by atoms with Gasteiger partial charge in [0.25, 0.3) is 0 Å². The lowest BCUT2D eigenvalue weighted by Crippen LogP contribution is -2.53. The maximum absolute atomic E-state index is 13.7. The second-order valence-electron chi connectivity index (χ2n) is 9.77. The third-order valence-corrected chi connectivity index (χ3v) is 7.53. The minimum atomic E-state index is -3.75. The second-order valence-corrected chi connectivity index (χ2v) is 11.7. The van der Waals surface area contributed by atoms with Gasteiger partial charge in [-0.1, -0.05) is 69.7 Å². The number of nitrogens with one attached hydrogen (secondary N) is 1. The predicted octanol–water partition coefficient (Wildman–Crippen LogP) is 4.61. The van der Waals surface area contributed by atoms with Gasteiger partial charge >= 0.3 is 0 Å². The van der Waals surface area contributed by atoms with Crippen LogP contribution in [0.25, 0.3) is 0 Å². The molecule has 198 valence electrons. The summed E-state index contributed by atoms with van der Waals surface area (Å²) in [5.74, 6) is -0.369. The first-order valence-electron chi connectivity index (χ1n) is 12.6. The van der Waals surface area contributed by atoms with Crippen molar-refractivity contribution in [2.45, 2.75) is 78.9 Å². The molecule has 2 amide bonds. The van der Waals surface area contributed by atoms with Crippen LogP contribution in [0.1, 0.15) is 70.1 Å². The molecule has 0 bridgehead atoms. The SMILES string of the molecule is CC[C@H](C)NC(=O)[C@H](CC)N(Cc1ccc(C)cc1)C(=O)CN(c1ccc(C(C)C)cc1)S(C)(=O)=O. The highest BCUT2D eigenvalue weighted by Gasteiger charge is 2.32. The van der Waals surface area contributed by atoms with E-state index in [0.717, 1.165) is 33.7 Å². The molecule has 0 heterocycles. The first kappa shape index (κ1) is 29.4. The van der Waals surface area contributed by atoms with E-state index in [9.17, 15) is 18.0 Å². The van der Waals surface area contributed by atoms with Gasteiger partial charge in [-0.25, -0.2) is 8.42 Å². The van der Waals surface area contributed by atoms with Gasteiger partial charge in [0.05, 0.1) is 11.9 Å². The number of sulfonamides is 1. The Morgan fingerprint density at radius 1 is 0.917 bits per heavy atom. The summed E-state index contributed by atoms with van der Waals surface area (Å²) >= 11 is 0. The lowest BCUT2D eigenvalue weighted by atomic mass is 10.0. The molecule has 1 N–H and O–H groups in total. The third-order valence-electron chi connectivity index (χ3n) is 6.39. The lowest BCUT2D eigenvalue weighted by molar-refractivity contribution is -0.140. The quantitative estimate of drug-likeness (QED) is 0.447. The zero-order valence-corrected chi connectivity index (χ0v) is 23.4. The monoisotopic (exact) mass is 515 g/mol. The molecule has 2 aromatic rings. The number of hydrogen-bond acceptors (Lipinski definition) is 4. The fourth-order valence-electron chi connectivity index (χ4n) is 3.89. The van der Waals surface area contributed by atoms with E-state index in [2.05, 4.69) is 19.2 Å². The molecule has 0 aliphatic carbocycles. The molecule has 0 fully saturated rings. The molecule has 2 atom stereocenters. The summed E-state index contributed by atoms with van der Waals surface area (Å²) in [5, 5.41) is 2.98. The first-order valence-corrected chi connectivity index (χ1v) is 14.4. The van der Waals surface area contributed by atoms with Crippen molar-refractivity contribution >= 4 is 27.5 Å². The van der Waals surface area contributed by atoms with Crippen LogP contribution in [0.3, 0.4) is 0 Å². The normalized spacial score (nSPS) is 13.2. The minimum absolute atomic E-state index is 0.0325. The van der Waals surface area contributed by atoms with Gasteiger partial charge in [0.15, 0.2) is 0 Å². The number of rotatable bonds is 12. The predicted molar refractivity (Wildman–Crippen MR) is 146 cm³/mol. The van der Waals surface area contributed by atoms with Crippen molar-refractivity contribution < 1.29 is 18.0 Å². The molecule has 8 heteroatoms. The maximum atomic E-state index is 13.7. The number of benzene rings is 2. The van der Waals surface area contributed by atoms with Gasteiger partial charge in [0.1, 0.15) is 12.6 Å². The molecule has 7 nitrogen and oxygen atoms in total. The van der Waals surface area contributed by atoms with Gasteiger partial charge in [0, 0.05) is 12.6 Å². The van der Waals surface area contributed by atoms with Gasteiger partial charge < -0.3 is 10.2 Å². The minimum Gasteiger partial charge on any atom is -0.352 e. The lowest BCUT2D eigenvalue weighted by Gasteiger charge is -2.33. The van der Waals surface area contributed by atoms with Gasteiger partial charge in [0.2, 0.25) is 21.8 Å². The molecule has 0 unspecified atom stereocenters. The van der Waals surface area contributed by atoms with Gasteiger partial charge in [-0.3, -0.25) is 13.9 Å². The van der Waals surface area contributed by atoms with E-state index in [0.29, 0.717) is 18.0 Å². The largest absolute Gasteiger partial charge is 0.352 e. The van der Waals surface area contributed by atoms with Crippen molar-refractivity contribution in [2.75, 3.05) is 17.1 Å².